The second-order valence-corrected chi connectivity index (χ2v) is 7.14. The van der Waals surface area contributed by atoms with Crippen LogP contribution in [0.15, 0.2) is 36.5 Å². The normalized spacial score (nSPS) is 16.7. The minimum atomic E-state index is 0.239. The number of morpholine rings is 1. The van der Waals surface area contributed by atoms with Gasteiger partial charge in [0.15, 0.2) is 0 Å². The van der Waals surface area contributed by atoms with Crippen LogP contribution in [-0.4, -0.2) is 52.7 Å². The summed E-state index contributed by atoms with van der Waals surface area (Å²) in [6.45, 7) is 9.23. The van der Waals surface area contributed by atoms with Crippen molar-refractivity contribution in [1.29, 1.82) is 0 Å². The minimum absolute atomic E-state index is 0.239. The number of pyridine rings is 1. The lowest BCUT2D eigenvalue weighted by Gasteiger charge is -2.34. The predicted molar refractivity (Wildman–Crippen MR) is 107 cm³/mol. The van der Waals surface area contributed by atoms with E-state index in [4.69, 9.17) is 9.72 Å². The maximum absolute atomic E-state index is 5.52. The number of rotatable bonds is 6. The van der Waals surface area contributed by atoms with Crippen LogP contribution in [0.5, 0.6) is 0 Å². The molecule has 1 fully saturated rings. The Morgan fingerprint density at radius 1 is 1.19 bits per heavy atom. The fourth-order valence-electron chi connectivity index (χ4n) is 3.66. The molecule has 6 nitrogen and oxygen atoms in total. The Balaban J connectivity index is 1.45. The van der Waals surface area contributed by atoms with Crippen molar-refractivity contribution >= 4 is 11.0 Å². The van der Waals surface area contributed by atoms with Crippen LogP contribution in [0, 0.1) is 13.8 Å². The Morgan fingerprint density at radius 2 is 2.04 bits per heavy atom. The molecule has 0 bridgehead atoms. The first-order valence-electron chi connectivity index (χ1n) is 9.60. The fraction of sp³-hybridized carbons (Fsp3) is 0.429. The number of aromatic nitrogens is 3. The van der Waals surface area contributed by atoms with Gasteiger partial charge in [0, 0.05) is 25.8 Å². The molecule has 0 radical (unpaired) electrons. The number of hydrogen-bond donors (Lipinski definition) is 2. The van der Waals surface area contributed by atoms with Gasteiger partial charge in [-0.15, -0.1) is 0 Å². The number of fused-ring (bicyclic) bond motifs is 1. The van der Waals surface area contributed by atoms with Crippen LogP contribution in [0.4, 0.5) is 0 Å². The van der Waals surface area contributed by atoms with Gasteiger partial charge in [-0.3, -0.25) is 9.88 Å². The van der Waals surface area contributed by atoms with Gasteiger partial charge in [0.25, 0.3) is 0 Å². The first-order chi connectivity index (χ1) is 13.2. The van der Waals surface area contributed by atoms with E-state index >= 15 is 0 Å². The van der Waals surface area contributed by atoms with E-state index in [0.717, 1.165) is 55.4 Å². The van der Waals surface area contributed by atoms with E-state index in [-0.39, 0.29) is 6.04 Å². The summed E-state index contributed by atoms with van der Waals surface area (Å²) < 4.78 is 5.52. The molecule has 0 saturated carbocycles. The number of aryl methyl sites for hydroxylation is 2. The average molecular weight is 365 g/mol. The number of nitrogens with zero attached hydrogens (tertiary/aromatic N) is 3. The van der Waals surface area contributed by atoms with Gasteiger partial charge in [-0.1, -0.05) is 12.1 Å². The highest BCUT2D eigenvalue weighted by Crippen LogP contribution is 2.21. The molecule has 1 saturated heterocycles. The van der Waals surface area contributed by atoms with Crippen molar-refractivity contribution in [3.63, 3.8) is 0 Å². The lowest BCUT2D eigenvalue weighted by molar-refractivity contribution is 0.0152. The van der Waals surface area contributed by atoms with Crippen LogP contribution in [0.2, 0.25) is 0 Å². The molecule has 1 aliphatic heterocycles. The number of imidazole rings is 1. The molecule has 1 aliphatic rings. The summed E-state index contributed by atoms with van der Waals surface area (Å²) in [5.41, 5.74) is 5.79. The van der Waals surface area contributed by atoms with Crippen molar-refractivity contribution in [1.82, 2.24) is 25.2 Å². The van der Waals surface area contributed by atoms with Gasteiger partial charge in [-0.2, -0.15) is 0 Å². The van der Waals surface area contributed by atoms with Crippen LogP contribution in [0.1, 0.15) is 28.7 Å². The molecule has 0 spiro atoms. The van der Waals surface area contributed by atoms with E-state index < -0.39 is 0 Å². The molecule has 1 atom stereocenters. The number of hydrogen-bond acceptors (Lipinski definition) is 5. The smallest absolute Gasteiger partial charge is 0.121 e. The number of aromatic amines is 1. The molecular formula is C21H27N5O. The number of H-pyrrole nitrogens is 1. The van der Waals surface area contributed by atoms with E-state index in [9.17, 15) is 0 Å². The van der Waals surface area contributed by atoms with Gasteiger partial charge in [0.05, 0.1) is 42.5 Å². The summed E-state index contributed by atoms with van der Waals surface area (Å²) in [6.07, 6.45) is 1.87. The van der Waals surface area contributed by atoms with Gasteiger partial charge in [0.2, 0.25) is 0 Å². The standard InChI is InChI=1S/C21H27N5O/c1-15-6-7-18-21(16(15)2)25-20(24-18)14-22-13-19(17-5-3-4-8-23-17)26-9-11-27-12-10-26/h3-8,19,22H,9-14H2,1-2H3,(H,24,25)/t19-/m0/s1. The molecule has 3 heterocycles. The lowest BCUT2D eigenvalue weighted by atomic mass is 10.1. The highest BCUT2D eigenvalue weighted by Gasteiger charge is 2.23. The third kappa shape index (κ3) is 4.03. The van der Waals surface area contributed by atoms with Crippen LogP contribution in [0.3, 0.4) is 0 Å². The van der Waals surface area contributed by atoms with Crippen molar-refractivity contribution in [2.75, 3.05) is 32.8 Å². The Hall–Kier alpha value is -2.28. The minimum Gasteiger partial charge on any atom is -0.379 e. The summed E-state index contributed by atoms with van der Waals surface area (Å²) >= 11 is 0. The molecule has 1 aromatic carbocycles. The van der Waals surface area contributed by atoms with Crippen LogP contribution in [-0.2, 0) is 11.3 Å². The van der Waals surface area contributed by atoms with Crippen molar-refractivity contribution in [3.05, 3.63) is 59.2 Å². The summed E-state index contributed by atoms with van der Waals surface area (Å²) in [5, 5.41) is 3.58. The largest absolute Gasteiger partial charge is 0.379 e. The number of nitrogens with one attached hydrogen (secondary N) is 2. The van der Waals surface area contributed by atoms with Crippen molar-refractivity contribution in [2.24, 2.45) is 0 Å². The zero-order chi connectivity index (χ0) is 18.6. The zero-order valence-corrected chi connectivity index (χ0v) is 16.0. The average Bonchev–Trinajstić information content (AvgIpc) is 3.13. The molecule has 0 amide bonds. The molecule has 4 rings (SSSR count). The molecule has 2 N–H and O–H groups in total. The molecule has 142 valence electrons. The molecule has 0 unspecified atom stereocenters. The second-order valence-electron chi connectivity index (χ2n) is 7.14. The Bertz CT molecular complexity index is 886. The fourth-order valence-corrected chi connectivity index (χ4v) is 3.66. The molecule has 3 aromatic rings. The second kappa shape index (κ2) is 8.17. The number of ether oxygens (including phenoxy) is 1. The molecule has 27 heavy (non-hydrogen) atoms. The highest BCUT2D eigenvalue weighted by molar-refractivity contribution is 5.79. The highest BCUT2D eigenvalue weighted by atomic mass is 16.5. The summed E-state index contributed by atoms with van der Waals surface area (Å²) in [5.74, 6) is 0.973. The Morgan fingerprint density at radius 3 is 2.81 bits per heavy atom. The summed E-state index contributed by atoms with van der Waals surface area (Å²) in [6, 6.07) is 10.6. The molecule has 6 heteroatoms. The van der Waals surface area contributed by atoms with Crippen LogP contribution >= 0.6 is 0 Å². The molecule has 2 aromatic heterocycles. The van der Waals surface area contributed by atoms with Crippen molar-refractivity contribution < 1.29 is 4.74 Å². The van der Waals surface area contributed by atoms with E-state index in [2.05, 4.69) is 58.3 Å². The van der Waals surface area contributed by atoms with E-state index in [0.29, 0.717) is 6.54 Å². The van der Waals surface area contributed by atoms with Gasteiger partial charge < -0.3 is 15.0 Å². The van der Waals surface area contributed by atoms with Crippen LogP contribution in [0.25, 0.3) is 11.0 Å². The zero-order valence-electron chi connectivity index (χ0n) is 16.0. The summed E-state index contributed by atoms with van der Waals surface area (Å²) in [4.78, 5) is 15.3. The Labute approximate surface area is 160 Å². The molecule has 0 aliphatic carbocycles. The van der Waals surface area contributed by atoms with Crippen molar-refractivity contribution in [2.45, 2.75) is 26.4 Å². The summed E-state index contributed by atoms with van der Waals surface area (Å²) in [7, 11) is 0. The monoisotopic (exact) mass is 365 g/mol. The van der Waals surface area contributed by atoms with E-state index in [1.807, 2.05) is 12.3 Å². The maximum atomic E-state index is 5.52. The van der Waals surface area contributed by atoms with Crippen LogP contribution < -0.4 is 5.32 Å². The third-order valence-electron chi connectivity index (χ3n) is 5.37. The van der Waals surface area contributed by atoms with Gasteiger partial charge in [0.1, 0.15) is 5.82 Å². The van der Waals surface area contributed by atoms with Gasteiger partial charge in [-0.05, 0) is 43.2 Å². The first-order valence-corrected chi connectivity index (χ1v) is 9.60. The quantitative estimate of drug-likeness (QED) is 0.703. The van der Waals surface area contributed by atoms with Gasteiger partial charge >= 0.3 is 0 Å². The first kappa shape index (κ1) is 18.1. The van der Waals surface area contributed by atoms with E-state index in [1.54, 1.807) is 0 Å². The maximum Gasteiger partial charge on any atom is 0.121 e. The van der Waals surface area contributed by atoms with E-state index in [1.165, 1.54) is 11.1 Å². The van der Waals surface area contributed by atoms with Gasteiger partial charge in [-0.25, -0.2) is 4.98 Å². The predicted octanol–water partition coefficient (Wildman–Crippen LogP) is 2.74. The topological polar surface area (TPSA) is 66.1 Å². The Kier molecular flexibility index (Phi) is 5.48. The third-order valence-corrected chi connectivity index (χ3v) is 5.37. The number of benzene rings is 1. The lowest BCUT2D eigenvalue weighted by Crippen LogP contribution is -2.43. The molecular weight excluding hydrogens is 338 g/mol. The SMILES string of the molecule is Cc1ccc2[nH]c(CNC[C@@H](c3ccccn3)N3CCOCC3)nc2c1C. The van der Waals surface area contributed by atoms with Crippen molar-refractivity contribution in [3.8, 4) is 0 Å².